The van der Waals surface area contributed by atoms with E-state index in [1.54, 1.807) is 6.08 Å². The molecular weight excluding hydrogens is 376 g/mol. The molecule has 1 saturated heterocycles. The maximum absolute atomic E-state index is 12.5. The summed E-state index contributed by atoms with van der Waals surface area (Å²) in [5.74, 6) is 0.679. The molecule has 0 aromatic carbocycles. The lowest BCUT2D eigenvalue weighted by Crippen LogP contribution is -2.65. The van der Waals surface area contributed by atoms with Crippen LogP contribution < -0.4 is 0 Å². The van der Waals surface area contributed by atoms with E-state index in [-0.39, 0.29) is 52.4 Å². The molecule has 4 fully saturated rings. The van der Waals surface area contributed by atoms with Gasteiger partial charge in [-0.1, -0.05) is 32.8 Å². The number of carbonyl (C=O) groups is 2. The normalized spacial score (nSPS) is 46.8. The fourth-order valence-corrected chi connectivity index (χ4v) is 8.70. The van der Waals surface area contributed by atoms with Gasteiger partial charge in [0.15, 0.2) is 5.78 Å². The highest BCUT2D eigenvalue weighted by atomic mass is 16.5. The number of aliphatic hydroxyl groups is 1. The molecule has 30 heavy (non-hydrogen) atoms. The summed E-state index contributed by atoms with van der Waals surface area (Å²) in [6.45, 7) is 12.9. The van der Waals surface area contributed by atoms with E-state index in [0.29, 0.717) is 12.3 Å². The predicted octanol–water partition coefficient (Wildman–Crippen LogP) is 5.23. The van der Waals surface area contributed by atoms with E-state index in [9.17, 15) is 14.7 Å². The lowest BCUT2D eigenvalue weighted by atomic mass is 9.39. The van der Waals surface area contributed by atoms with Crippen LogP contribution in [0.15, 0.2) is 11.6 Å². The van der Waals surface area contributed by atoms with Crippen LogP contribution in [0.1, 0.15) is 92.9 Å². The predicted molar refractivity (Wildman–Crippen MR) is 117 cm³/mol. The van der Waals surface area contributed by atoms with E-state index < -0.39 is 5.60 Å². The summed E-state index contributed by atoms with van der Waals surface area (Å²) in [6.07, 6.45) is 8.59. The highest BCUT2D eigenvalue weighted by molar-refractivity contribution is 5.90. The van der Waals surface area contributed by atoms with Gasteiger partial charge in [-0.3, -0.25) is 9.59 Å². The van der Waals surface area contributed by atoms with Gasteiger partial charge in [0.1, 0.15) is 6.10 Å². The van der Waals surface area contributed by atoms with Crippen molar-refractivity contribution in [2.24, 2.45) is 34.0 Å². The Morgan fingerprint density at radius 2 is 1.90 bits per heavy atom. The second kappa shape index (κ2) is 6.92. The van der Waals surface area contributed by atoms with Crippen molar-refractivity contribution in [3.8, 4) is 0 Å². The summed E-state index contributed by atoms with van der Waals surface area (Å²) in [5, 5.41) is 11.5. The lowest BCUT2D eigenvalue weighted by molar-refractivity contribution is -0.241. The monoisotopic (exact) mass is 416 g/mol. The average molecular weight is 417 g/mol. The molecule has 0 amide bonds. The van der Waals surface area contributed by atoms with Crippen LogP contribution in [-0.4, -0.2) is 28.6 Å². The maximum atomic E-state index is 12.5. The van der Waals surface area contributed by atoms with Gasteiger partial charge in [-0.25, -0.2) is 0 Å². The number of hydrogen-bond donors (Lipinski definition) is 1. The molecule has 4 nitrogen and oxygen atoms in total. The van der Waals surface area contributed by atoms with E-state index >= 15 is 0 Å². The summed E-state index contributed by atoms with van der Waals surface area (Å²) in [7, 11) is 0. The van der Waals surface area contributed by atoms with Crippen molar-refractivity contribution >= 4 is 11.8 Å². The van der Waals surface area contributed by atoms with Gasteiger partial charge in [-0.15, -0.1) is 0 Å². The van der Waals surface area contributed by atoms with E-state index in [1.807, 2.05) is 20.8 Å². The third-order valence-corrected chi connectivity index (χ3v) is 9.93. The molecule has 1 aliphatic heterocycles. The minimum Gasteiger partial charge on any atom is -0.462 e. The van der Waals surface area contributed by atoms with Crippen molar-refractivity contribution in [3.63, 3.8) is 0 Å². The molecule has 0 radical (unpaired) electrons. The second-order valence-electron chi connectivity index (χ2n) is 12.2. The number of carbonyl (C=O) groups excluding carboxylic acids is 2. The second-order valence-corrected chi connectivity index (χ2v) is 12.2. The smallest absolute Gasteiger partial charge is 0.306 e. The quantitative estimate of drug-likeness (QED) is 0.504. The van der Waals surface area contributed by atoms with E-state index in [2.05, 4.69) is 20.8 Å². The summed E-state index contributed by atoms with van der Waals surface area (Å²) < 4.78 is 6.01. The number of allylic oxidation sites excluding steroid dienone is 2. The van der Waals surface area contributed by atoms with Crippen LogP contribution in [0.3, 0.4) is 0 Å². The third-order valence-electron chi connectivity index (χ3n) is 9.93. The standard InChI is InChI=1S/C26H40O4/c1-16(2)12-17(27)14-26(6,29)18-8-11-24(4)19(18)13-20-22-23(3,15-21(28)30-20)9-7-10-25(22,24)5/h12,18-20,22,29H,7-11,13-15H2,1-6H3. The highest BCUT2D eigenvalue weighted by Crippen LogP contribution is 2.73. The third kappa shape index (κ3) is 3.12. The molecule has 8 atom stereocenters. The molecule has 4 heteroatoms. The molecular formula is C26H40O4. The minimum atomic E-state index is -1.04. The molecule has 3 aliphatic carbocycles. The number of ketones is 1. The van der Waals surface area contributed by atoms with Gasteiger partial charge >= 0.3 is 5.97 Å². The van der Waals surface area contributed by atoms with E-state index in [1.165, 1.54) is 6.42 Å². The molecule has 4 aliphatic rings. The van der Waals surface area contributed by atoms with Crippen molar-refractivity contribution in [2.75, 3.05) is 0 Å². The molecule has 4 rings (SSSR count). The maximum Gasteiger partial charge on any atom is 0.306 e. The molecule has 168 valence electrons. The molecule has 3 saturated carbocycles. The van der Waals surface area contributed by atoms with Gasteiger partial charge in [-0.05, 0) is 87.0 Å². The Morgan fingerprint density at radius 3 is 2.57 bits per heavy atom. The summed E-state index contributed by atoms with van der Waals surface area (Å²) in [4.78, 5) is 25.0. The Bertz CT molecular complexity index is 778. The van der Waals surface area contributed by atoms with Crippen LogP contribution in [0.2, 0.25) is 0 Å². The number of rotatable bonds is 4. The van der Waals surface area contributed by atoms with E-state index in [4.69, 9.17) is 4.74 Å². The fraction of sp³-hybridized carbons (Fsp3) is 0.846. The largest absolute Gasteiger partial charge is 0.462 e. The molecule has 0 aromatic heterocycles. The summed E-state index contributed by atoms with van der Waals surface area (Å²) >= 11 is 0. The van der Waals surface area contributed by atoms with Gasteiger partial charge in [0.05, 0.1) is 12.0 Å². The Kier molecular flexibility index (Phi) is 5.08. The molecule has 8 unspecified atom stereocenters. The Balaban J connectivity index is 1.68. The first-order chi connectivity index (χ1) is 13.8. The number of fused-ring (bicyclic) bond motifs is 2. The van der Waals surface area contributed by atoms with Crippen molar-refractivity contribution in [3.05, 3.63) is 11.6 Å². The van der Waals surface area contributed by atoms with Crippen molar-refractivity contribution < 1.29 is 19.4 Å². The zero-order valence-corrected chi connectivity index (χ0v) is 19.7. The van der Waals surface area contributed by atoms with Gasteiger partial charge < -0.3 is 9.84 Å². The topological polar surface area (TPSA) is 63.6 Å². The van der Waals surface area contributed by atoms with Crippen LogP contribution >= 0.6 is 0 Å². The molecule has 0 bridgehead atoms. The number of hydrogen-bond acceptors (Lipinski definition) is 4. The number of esters is 1. The SMILES string of the molecule is CC(C)=CC(=O)CC(C)(O)C1CCC2(C)C1CC1OC(=O)CC3(C)CCCC2(C)C13. The Morgan fingerprint density at radius 1 is 1.20 bits per heavy atom. The first kappa shape index (κ1) is 22.0. The lowest BCUT2D eigenvalue weighted by Gasteiger charge is -2.67. The zero-order valence-electron chi connectivity index (χ0n) is 19.7. The van der Waals surface area contributed by atoms with Crippen molar-refractivity contribution in [1.82, 2.24) is 0 Å². The minimum absolute atomic E-state index is 0.00263. The van der Waals surface area contributed by atoms with Crippen LogP contribution in [0, 0.1) is 34.0 Å². The number of ether oxygens (including phenoxy) is 1. The molecule has 0 aromatic rings. The zero-order chi connectivity index (χ0) is 22.1. The molecule has 0 spiro atoms. The van der Waals surface area contributed by atoms with Crippen LogP contribution in [-0.2, 0) is 14.3 Å². The van der Waals surface area contributed by atoms with Crippen molar-refractivity contribution in [2.45, 2.75) is 105 Å². The Labute approximate surface area is 181 Å². The molecule has 1 heterocycles. The van der Waals surface area contributed by atoms with Gasteiger partial charge in [-0.2, -0.15) is 0 Å². The summed E-state index contributed by atoms with van der Waals surface area (Å²) in [6, 6.07) is 0. The van der Waals surface area contributed by atoms with Crippen LogP contribution in [0.5, 0.6) is 0 Å². The molecule has 1 N–H and O–H groups in total. The first-order valence-corrected chi connectivity index (χ1v) is 11.9. The Hall–Kier alpha value is -1.16. The van der Waals surface area contributed by atoms with Gasteiger partial charge in [0.25, 0.3) is 0 Å². The summed E-state index contributed by atoms with van der Waals surface area (Å²) in [5.41, 5.74) is 0.166. The van der Waals surface area contributed by atoms with Crippen molar-refractivity contribution in [1.29, 1.82) is 0 Å². The van der Waals surface area contributed by atoms with Gasteiger partial charge in [0.2, 0.25) is 0 Å². The highest BCUT2D eigenvalue weighted by Gasteiger charge is 2.70. The first-order valence-electron chi connectivity index (χ1n) is 11.9. The van der Waals surface area contributed by atoms with Gasteiger partial charge in [0, 0.05) is 12.3 Å². The van der Waals surface area contributed by atoms with Crippen LogP contribution in [0.4, 0.5) is 0 Å². The van der Waals surface area contributed by atoms with Crippen LogP contribution in [0.25, 0.3) is 0 Å². The fourth-order valence-electron chi connectivity index (χ4n) is 8.70. The average Bonchev–Trinajstić information content (AvgIpc) is 2.91. The van der Waals surface area contributed by atoms with E-state index in [0.717, 1.165) is 37.7 Å².